The van der Waals surface area contributed by atoms with Gasteiger partial charge in [-0.2, -0.15) is 0 Å². The van der Waals surface area contributed by atoms with Crippen LogP contribution in [0.2, 0.25) is 4.34 Å². The number of nitrogens with zero attached hydrogens (tertiary/aromatic N) is 3. The van der Waals surface area contributed by atoms with Gasteiger partial charge < -0.3 is 15.0 Å². The quantitative estimate of drug-likeness (QED) is 0.759. The molecular formula is C17H27ClN4O2S. The maximum Gasteiger partial charge on any atom is 0.317 e. The highest BCUT2D eigenvalue weighted by Gasteiger charge is 2.21. The molecule has 0 aromatic carbocycles. The highest BCUT2D eigenvalue weighted by Crippen LogP contribution is 2.23. The van der Waals surface area contributed by atoms with Gasteiger partial charge in [0.25, 0.3) is 0 Å². The Morgan fingerprint density at radius 3 is 2.56 bits per heavy atom. The number of halogens is 1. The van der Waals surface area contributed by atoms with E-state index in [0.29, 0.717) is 0 Å². The van der Waals surface area contributed by atoms with Gasteiger partial charge in [0, 0.05) is 57.2 Å². The zero-order valence-electron chi connectivity index (χ0n) is 14.6. The summed E-state index contributed by atoms with van der Waals surface area (Å²) >= 11 is 7.62. The molecule has 2 amide bonds. The molecule has 3 heterocycles. The molecule has 0 bridgehead atoms. The Morgan fingerprint density at radius 2 is 1.88 bits per heavy atom. The summed E-state index contributed by atoms with van der Waals surface area (Å²) in [7, 11) is 0. The number of hydrogen-bond donors (Lipinski definition) is 1. The number of thiophene rings is 1. The van der Waals surface area contributed by atoms with Crippen LogP contribution < -0.4 is 5.32 Å². The third-order valence-electron chi connectivity index (χ3n) is 4.70. The minimum Gasteiger partial charge on any atom is -0.379 e. The van der Waals surface area contributed by atoms with Crippen LogP contribution in [0.25, 0.3) is 0 Å². The van der Waals surface area contributed by atoms with Crippen molar-refractivity contribution in [3.05, 3.63) is 21.3 Å². The normalized spacial score (nSPS) is 20.0. The summed E-state index contributed by atoms with van der Waals surface area (Å²) in [6.45, 7) is 9.76. The van der Waals surface area contributed by atoms with Gasteiger partial charge in [-0.05, 0) is 25.1 Å². The fourth-order valence-electron chi connectivity index (χ4n) is 3.20. The van der Waals surface area contributed by atoms with Crippen molar-refractivity contribution in [2.24, 2.45) is 0 Å². The van der Waals surface area contributed by atoms with Crippen molar-refractivity contribution in [1.82, 2.24) is 20.0 Å². The number of morpholine rings is 1. The van der Waals surface area contributed by atoms with Crippen LogP contribution >= 0.6 is 22.9 Å². The van der Waals surface area contributed by atoms with E-state index >= 15 is 0 Å². The van der Waals surface area contributed by atoms with Crippen molar-refractivity contribution in [1.29, 1.82) is 0 Å². The predicted octanol–water partition coefficient (Wildman–Crippen LogP) is 1.95. The van der Waals surface area contributed by atoms with Crippen LogP contribution in [-0.2, 0) is 11.3 Å². The van der Waals surface area contributed by atoms with Gasteiger partial charge in [-0.15, -0.1) is 11.3 Å². The first kappa shape index (κ1) is 18.9. The molecule has 8 heteroatoms. The highest BCUT2D eigenvalue weighted by molar-refractivity contribution is 7.16. The lowest BCUT2D eigenvalue weighted by Gasteiger charge is -2.34. The standard InChI is InChI=1S/C17H27ClN4O2S/c18-16-3-2-15(25-16)14-21-6-8-22(9-7-21)17(23)19-4-1-5-20-10-12-24-13-11-20/h2-3H,1,4-14H2,(H,19,23). The topological polar surface area (TPSA) is 48.1 Å². The van der Waals surface area contributed by atoms with E-state index in [1.165, 1.54) is 4.88 Å². The lowest BCUT2D eigenvalue weighted by Crippen LogP contribution is -2.51. The Balaban J connectivity index is 1.28. The number of carbonyl (C=O) groups excluding carboxylic acids is 1. The Kier molecular flexibility index (Phi) is 7.36. The van der Waals surface area contributed by atoms with E-state index < -0.39 is 0 Å². The molecule has 0 aliphatic carbocycles. The molecule has 0 unspecified atom stereocenters. The smallest absolute Gasteiger partial charge is 0.317 e. The third-order valence-corrected chi connectivity index (χ3v) is 5.91. The number of nitrogens with one attached hydrogen (secondary N) is 1. The van der Waals surface area contributed by atoms with Gasteiger partial charge in [0.2, 0.25) is 0 Å². The van der Waals surface area contributed by atoms with Gasteiger partial charge in [0.15, 0.2) is 0 Å². The van der Waals surface area contributed by atoms with Gasteiger partial charge in [0.05, 0.1) is 17.6 Å². The number of rotatable bonds is 6. The van der Waals surface area contributed by atoms with E-state index in [-0.39, 0.29) is 6.03 Å². The predicted molar refractivity (Wildman–Crippen MR) is 101 cm³/mol. The van der Waals surface area contributed by atoms with Crippen LogP contribution in [0.15, 0.2) is 12.1 Å². The molecule has 0 saturated carbocycles. The molecule has 2 fully saturated rings. The Bertz CT molecular complexity index is 543. The Labute approximate surface area is 158 Å². The fourth-order valence-corrected chi connectivity index (χ4v) is 4.33. The van der Waals surface area contributed by atoms with E-state index in [2.05, 4.69) is 21.2 Å². The number of urea groups is 1. The van der Waals surface area contributed by atoms with Crippen LogP contribution in [0.1, 0.15) is 11.3 Å². The maximum absolute atomic E-state index is 12.3. The maximum atomic E-state index is 12.3. The van der Waals surface area contributed by atoms with E-state index in [1.54, 1.807) is 11.3 Å². The number of carbonyl (C=O) groups is 1. The monoisotopic (exact) mass is 386 g/mol. The Hall–Kier alpha value is -0.860. The van der Waals surface area contributed by atoms with Crippen molar-refractivity contribution in [2.45, 2.75) is 13.0 Å². The van der Waals surface area contributed by atoms with Crippen LogP contribution in [0, 0.1) is 0 Å². The second-order valence-corrected chi connectivity index (χ2v) is 8.31. The zero-order chi connectivity index (χ0) is 17.5. The summed E-state index contributed by atoms with van der Waals surface area (Å²) in [6.07, 6.45) is 0.991. The first-order chi connectivity index (χ1) is 12.2. The highest BCUT2D eigenvalue weighted by atomic mass is 35.5. The van der Waals surface area contributed by atoms with Crippen molar-refractivity contribution in [3.8, 4) is 0 Å². The molecule has 1 N–H and O–H groups in total. The summed E-state index contributed by atoms with van der Waals surface area (Å²) in [4.78, 5) is 20.2. The number of piperazine rings is 1. The Morgan fingerprint density at radius 1 is 1.12 bits per heavy atom. The summed E-state index contributed by atoms with van der Waals surface area (Å²) in [5.41, 5.74) is 0. The molecule has 25 heavy (non-hydrogen) atoms. The summed E-state index contributed by atoms with van der Waals surface area (Å²) in [5.74, 6) is 0. The first-order valence-electron chi connectivity index (χ1n) is 9.00. The van der Waals surface area contributed by atoms with E-state index in [9.17, 15) is 4.79 Å². The molecule has 0 radical (unpaired) electrons. The van der Waals surface area contributed by atoms with E-state index in [0.717, 1.165) is 82.9 Å². The third kappa shape index (κ3) is 6.11. The van der Waals surface area contributed by atoms with Crippen molar-refractivity contribution in [2.75, 3.05) is 65.6 Å². The molecule has 2 saturated heterocycles. The molecule has 0 atom stereocenters. The minimum atomic E-state index is 0.0702. The van der Waals surface area contributed by atoms with Gasteiger partial charge in [-0.25, -0.2) is 4.79 Å². The fraction of sp³-hybridized carbons (Fsp3) is 0.706. The molecule has 1 aromatic rings. The molecule has 6 nitrogen and oxygen atoms in total. The molecule has 3 rings (SSSR count). The SMILES string of the molecule is O=C(NCCCN1CCOCC1)N1CCN(Cc2ccc(Cl)s2)CC1. The lowest BCUT2D eigenvalue weighted by atomic mass is 10.3. The summed E-state index contributed by atoms with van der Waals surface area (Å²) in [6, 6.07) is 4.10. The van der Waals surface area contributed by atoms with E-state index in [1.807, 2.05) is 11.0 Å². The first-order valence-corrected chi connectivity index (χ1v) is 10.2. The van der Waals surface area contributed by atoms with Crippen LogP contribution in [-0.4, -0.2) is 86.3 Å². The molecule has 140 valence electrons. The van der Waals surface area contributed by atoms with Gasteiger partial charge >= 0.3 is 6.03 Å². The van der Waals surface area contributed by atoms with Crippen LogP contribution in [0.5, 0.6) is 0 Å². The van der Waals surface area contributed by atoms with Gasteiger partial charge in [0.1, 0.15) is 0 Å². The molecule has 2 aliphatic rings. The van der Waals surface area contributed by atoms with Crippen LogP contribution in [0.4, 0.5) is 4.79 Å². The second kappa shape index (κ2) is 9.73. The minimum absolute atomic E-state index is 0.0702. The summed E-state index contributed by atoms with van der Waals surface area (Å²) < 4.78 is 6.18. The largest absolute Gasteiger partial charge is 0.379 e. The average Bonchev–Trinajstić information content (AvgIpc) is 3.05. The number of amides is 2. The molecule has 0 spiro atoms. The van der Waals surface area contributed by atoms with Crippen LogP contribution in [0.3, 0.4) is 0 Å². The van der Waals surface area contributed by atoms with Gasteiger partial charge in [-0.3, -0.25) is 9.80 Å². The lowest BCUT2D eigenvalue weighted by molar-refractivity contribution is 0.0374. The van der Waals surface area contributed by atoms with Crippen molar-refractivity contribution < 1.29 is 9.53 Å². The summed E-state index contributed by atoms with van der Waals surface area (Å²) in [5, 5.41) is 3.05. The van der Waals surface area contributed by atoms with Gasteiger partial charge in [-0.1, -0.05) is 11.6 Å². The molecular weight excluding hydrogens is 360 g/mol. The number of ether oxygens (including phenoxy) is 1. The zero-order valence-corrected chi connectivity index (χ0v) is 16.2. The second-order valence-electron chi connectivity index (χ2n) is 6.51. The van der Waals surface area contributed by atoms with Crippen molar-refractivity contribution in [3.63, 3.8) is 0 Å². The van der Waals surface area contributed by atoms with E-state index in [4.69, 9.17) is 16.3 Å². The van der Waals surface area contributed by atoms with Crippen molar-refractivity contribution >= 4 is 29.0 Å². The number of hydrogen-bond acceptors (Lipinski definition) is 5. The molecule has 1 aromatic heterocycles. The average molecular weight is 387 g/mol. The molecule has 2 aliphatic heterocycles.